The molecule has 2 atom stereocenters. The standard InChI is InChI=1S/C14H20N8O2/c1-9-4-21(12-16-7-15-11(6-23)19-12)5-10(2)22(9)13-17-8-18-14(20-13)24-3/h7-10,23H,4-6H2,1-3H3. The van der Waals surface area contributed by atoms with Gasteiger partial charge in [0.1, 0.15) is 19.3 Å². The Morgan fingerprint density at radius 3 is 2.38 bits per heavy atom. The molecule has 0 aliphatic carbocycles. The first-order valence-electron chi connectivity index (χ1n) is 7.67. The van der Waals surface area contributed by atoms with Crippen molar-refractivity contribution < 1.29 is 9.84 Å². The zero-order valence-electron chi connectivity index (χ0n) is 13.9. The molecule has 0 radical (unpaired) electrons. The van der Waals surface area contributed by atoms with Crippen LogP contribution in [-0.4, -0.2) is 67.3 Å². The van der Waals surface area contributed by atoms with Crippen LogP contribution in [0.25, 0.3) is 0 Å². The molecule has 1 N–H and O–H groups in total. The zero-order valence-corrected chi connectivity index (χ0v) is 13.9. The van der Waals surface area contributed by atoms with Gasteiger partial charge in [-0.3, -0.25) is 0 Å². The molecule has 2 aromatic heterocycles. The summed E-state index contributed by atoms with van der Waals surface area (Å²) in [7, 11) is 1.53. The molecular formula is C14H20N8O2. The van der Waals surface area contributed by atoms with Crippen LogP contribution < -0.4 is 14.5 Å². The molecule has 0 saturated carbocycles. The predicted octanol–water partition coefficient (Wildman–Crippen LogP) is -0.339. The lowest BCUT2D eigenvalue weighted by molar-refractivity contribution is 0.270. The Hall–Kier alpha value is -2.62. The van der Waals surface area contributed by atoms with E-state index < -0.39 is 0 Å². The molecule has 128 valence electrons. The van der Waals surface area contributed by atoms with Gasteiger partial charge in [-0.15, -0.1) is 0 Å². The Bertz CT molecular complexity index is 688. The van der Waals surface area contributed by atoms with Gasteiger partial charge >= 0.3 is 6.01 Å². The van der Waals surface area contributed by atoms with Crippen LogP contribution in [0.4, 0.5) is 11.9 Å². The van der Waals surface area contributed by atoms with E-state index in [0.29, 0.717) is 36.8 Å². The van der Waals surface area contributed by atoms with Crippen LogP contribution in [0.1, 0.15) is 19.7 Å². The van der Waals surface area contributed by atoms with E-state index >= 15 is 0 Å². The summed E-state index contributed by atoms with van der Waals surface area (Å²) >= 11 is 0. The summed E-state index contributed by atoms with van der Waals surface area (Å²) in [6, 6.07) is 0.567. The smallest absolute Gasteiger partial charge is 0.320 e. The largest absolute Gasteiger partial charge is 0.467 e. The first-order chi connectivity index (χ1) is 11.6. The molecule has 3 rings (SSSR count). The van der Waals surface area contributed by atoms with Crippen molar-refractivity contribution in [3.05, 3.63) is 18.5 Å². The second-order valence-electron chi connectivity index (χ2n) is 5.64. The molecule has 2 unspecified atom stereocenters. The molecule has 0 aromatic carbocycles. The number of hydrogen-bond acceptors (Lipinski definition) is 10. The Kier molecular flexibility index (Phi) is 4.65. The molecule has 24 heavy (non-hydrogen) atoms. The minimum atomic E-state index is -0.203. The summed E-state index contributed by atoms with van der Waals surface area (Å²) in [6.45, 7) is 5.38. The molecule has 10 nitrogen and oxygen atoms in total. The van der Waals surface area contributed by atoms with Crippen LogP contribution in [0.2, 0.25) is 0 Å². The van der Waals surface area contributed by atoms with Crippen molar-refractivity contribution >= 4 is 11.9 Å². The zero-order chi connectivity index (χ0) is 17.1. The molecule has 1 saturated heterocycles. The number of piperazine rings is 1. The summed E-state index contributed by atoms with van der Waals surface area (Å²) in [5, 5.41) is 9.19. The molecule has 1 aliphatic heterocycles. The lowest BCUT2D eigenvalue weighted by Gasteiger charge is -2.44. The third-order valence-electron chi connectivity index (χ3n) is 3.90. The highest BCUT2D eigenvalue weighted by Gasteiger charge is 2.32. The van der Waals surface area contributed by atoms with E-state index in [1.807, 2.05) is 0 Å². The Balaban J connectivity index is 1.81. The number of ether oxygens (including phenoxy) is 1. The van der Waals surface area contributed by atoms with E-state index in [1.54, 1.807) is 0 Å². The van der Waals surface area contributed by atoms with E-state index in [4.69, 9.17) is 4.74 Å². The Morgan fingerprint density at radius 2 is 1.71 bits per heavy atom. The fourth-order valence-corrected chi connectivity index (χ4v) is 2.93. The molecule has 1 aliphatic rings. The predicted molar refractivity (Wildman–Crippen MR) is 85.7 cm³/mol. The van der Waals surface area contributed by atoms with Crippen molar-refractivity contribution in [2.24, 2.45) is 0 Å². The van der Waals surface area contributed by atoms with Crippen molar-refractivity contribution in [3.8, 4) is 6.01 Å². The summed E-state index contributed by atoms with van der Waals surface area (Å²) in [6.07, 6.45) is 2.87. The number of rotatable bonds is 4. The Labute approximate surface area is 139 Å². The Morgan fingerprint density at radius 1 is 1.04 bits per heavy atom. The third-order valence-corrected chi connectivity index (χ3v) is 3.90. The average Bonchev–Trinajstić information content (AvgIpc) is 2.61. The van der Waals surface area contributed by atoms with Crippen molar-refractivity contribution in [1.82, 2.24) is 29.9 Å². The number of anilines is 2. The summed E-state index contributed by atoms with van der Waals surface area (Å²) in [4.78, 5) is 29.2. The maximum Gasteiger partial charge on any atom is 0.320 e. The van der Waals surface area contributed by atoms with Gasteiger partial charge in [-0.1, -0.05) is 0 Å². The van der Waals surface area contributed by atoms with Gasteiger partial charge in [-0.05, 0) is 13.8 Å². The maximum atomic E-state index is 9.19. The second-order valence-corrected chi connectivity index (χ2v) is 5.64. The van der Waals surface area contributed by atoms with Gasteiger partial charge in [-0.25, -0.2) is 15.0 Å². The SMILES string of the molecule is COc1ncnc(N2C(C)CN(c3ncnc(CO)n3)CC2C)n1. The molecule has 1 fully saturated rings. The van der Waals surface area contributed by atoms with Gasteiger partial charge in [-0.2, -0.15) is 15.0 Å². The van der Waals surface area contributed by atoms with Crippen molar-refractivity contribution in [3.63, 3.8) is 0 Å². The van der Waals surface area contributed by atoms with Crippen molar-refractivity contribution in [2.75, 3.05) is 30.0 Å². The van der Waals surface area contributed by atoms with Crippen LogP contribution in [0.5, 0.6) is 6.01 Å². The number of aliphatic hydroxyl groups excluding tert-OH is 1. The summed E-state index contributed by atoms with van der Waals surface area (Å²) < 4.78 is 5.08. The fraction of sp³-hybridized carbons (Fsp3) is 0.571. The number of nitrogens with zero attached hydrogens (tertiary/aromatic N) is 8. The minimum absolute atomic E-state index is 0.134. The fourth-order valence-electron chi connectivity index (χ4n) is 2.93. The molecule has 2 aromatic rings. The van der Waals surface area contributed by atoms with Gasteiger partial charge in [0, 0.05) is 25.2 Å². The van der Waals surface area contributed by atoms with E-state index in [2.05, 4.69) is 53.6 Å². The number of aromatic nitrogens is 6. The molecule has 3 heterocycles. The van der Waals surface area contributed by atoms with Crippen molar-refractivity contribution in [2.45, 2.75) is 32.5 Å². The van der Waals surface area contributed by atoms with E-state index in [-0.39, 0.29) is 18.7 Å². The summed E-state index contributed by atoms with van der Waals surface area (Å²) in [5.74, 6) is 1.53. The van der Waals surface area contributed by atoms with Crippen LogP contribution in [0.15, 0.2) is 12.7 Å². The quantitative estimate of drug-likeness (QED) is 0.797. The maximum absolute atomic E-state index is 9.19. The van der Waals surface area contributed by atoms with Gasteiger partial charge in [0.2, 0.25) is 11.9 Å². The van der Waals surface area contributed by atoms with Gasteiger partial charge < -0.3 is 19.6 Å². The monoisotopic (exact) mass is 332 g/mol. The molecule has 0 bridgehead atoms. The summed E-state index contributed by atoms with van der Waals surface area (Å²) in [5.41, 5.74) is 0. The van der Waals surface area contributed by atoms with E-state index in [9.17, 15) is 5.11 Å². The minimum Gasteiger partial charge on any atom is -0.467 e. The molecule has 10 heteroatoms. The van der Waals surface area contributed by atoms with Crippen LogP contribution in [-0.2, 0) is 6.61 Å². The van der Waals surface area contributed by atoms with Gasteiger partial charge in [0.25, 0.3) is 0 Å². The number of methoxy groups -OCH3 is 1. The van der Waals surface area contributed by atoms with Gasteiger partial charge in [0.05, 0.1) is 7.11 Å². The highest BCUT2D eigenvalue weighted by molar-refractivity contribution is 5.41. The van der Waals surface area contributed by atoms with Crippen LogP contribution in [0.3, 0.4) is 0 Å². The normalized spacial score (nSPS) is 21.0. The van der Waals surface area contributed by atoms with Crippen LogP contribution >= 0.6 is 0 Å². The van der Waals surface area contributed by atoms with E-state index in [0.717, 1.165) is 0 Å². The molecule has 0 amide bonds. The van der Waals surface area contributed by atoms with E-state index in [1.165, 1.54) is 19.8 Å². The van der Waals surface area contributed by atoms with Crippen LogP contribution in [0, 0.1) is 0 Å². The lowest BCUT2D eigenvalue weighted by atomic mass is 10.1. The molecular weight excluding hydrogens is 312 g/mol. The topological polar surface area (TPSA) is 113 Å². The second kappa shape index (κ2) is 6.87. The van der Waals surface area contributed by atoms with Crippen molar-refractivity contribution in [1.29, 1.82) is 0 Å². The molecule has 0 spiro atoms. The van der Waals surface area contributed by atoms with Gasteiger partial charge in [0.15, 0.2) is 5.82 Å². The highest BCUT2D eigenvalue weighted by atomic mass is 16.5. The number of hydrogen-bond donors (Lipinski definition) is 1. The third kappa shape index (κ3) is 3.18. The lowest BCUT2D eigenvalue weighted by Crippen LogP contribution is -2.58. The highest BCUT2D eigenvalue weighted by Crippen LogP contribution is 2.23. The first kappa shape index (κ1) is 16.2. The number of aliphatic hydroxyl groups is 1. The average molecular weight is 332 g/mol. The first-order valence-corrected chi connectivity index (χ1v) is 7.67.